The fourth-order valence-electron chi connectivity index (χ4n) is 4.37. The van der Waals surface area contributed by atoms with Crippen LogP contribution in [-0.4, -0.2) is 47.7 Å². The van der Waals surface area contributed by atoms with Crippen LogP contribution >= 0.6 is 0 Å². The fourth-order valence-corrected chi connectivity index (χ4v) is 5.15. The Bertz CT molecular complexity index is 1220. The Kier molecular flexibility index (Phi) is 7.09. The highest BCUT2D eigenvalue weighted by atomic mass is 32.2. The van der Waals surface area contributed by atoms with Crippen LogP contribution in [0, 0.1) is 0 Å². The number of rotatable bonds is 7. The van der Waals surface area contributed by atoms with Crippen molar-refractivity contribution < 1.29 is 21.6 Å². The number of piperidine rings is 1. The Morgan fingerprint density at radius 2 is 1.71 bits per heavy atom. The molecule has 0 atom stereocenters. The molecule has 2 heterocycles. The zero-order valence-corrected chi connectivity index (χ0v) is 19.7. The van der Waals surface area contributed by atoms with Gasteiger partial charge in [0.1, 0.15) is 0 Å². The van der Waals surface area contributed by atoms with E-state index >= 15 is 0 Å². The summed E-state index contributed by atoms with van der Waals surface area (Å²) in [7, 11) is -3.06. The second-order valence-corrected chi connectivity index (χ2v) is 11.1. The molecule has 0 saturated carbocycles. The van der Waals surface area contributed by atoms with Gasteiger partial charge in [0.05, 0.1) is 29.8 Å². The molecule has 1 aliphatic rings. The molecule has 182 valence electrons. The molecule has 1 fully saturated rings. The lowest BCUT2D eigenvalue weighted by molar-refractivity contribution is -0.137. The Labute approximate surface area is 197 Å². The number of hydrogen-bond donors (Lipinski definition) is 0. The van der Waals surface area contributed by atoms with E-state index in [1.807, 2.05) is 24.4 Å². The van der Waals surface area contributed by atoms with Crippen LogP contribution in [-0.2, 0) is 34.9 Å². The van der Waals surface area contributed by atoms with Crippen molar-refractivity contribution >= 4 is 9.84 Å². The zero-order valence-electron chi connectivity index (χ0n) is 18.9. The van der Waals surface area contributed by atoms with Crippen molar-refractivity contribution in [3.8, 4) is 0 Å². The van der Waals surface area contributed by atoms with Crippen LogP contribution < -0.4 is 0 Å². The molecule has 0 spiro atoms. The number of hydrogen-bond acceptors (Lipinski definition) is 5. The van der Waals surface area contributed by atoms with Crippen molar-refractivity contribution in [2.75, 3.05) is 19.3 Å². The van der Waals surface area contributed by atoms with Crippen LogP contribution in [0.1, 0.15) is 46.7 Å². The molecule has 0 amide bonds. The number of halogens is 3. The van der Waals surface area contributed by atoms with E-state index in [1.54, 1.807) is 4.68 Å². The number of alkyl halides is 3. The maximum atomic E-state index is 12.7. The molecule has 1 saturated heterocycles. The Morgan fingerprint density at radius 3 is 2.35 bits per heavy atom. The second kappa shape index (κ2) is 9.87. The summed E-state index contributed by atoms with van der Waals surface area (Å²) in [5.41, 5.74) is 2.89. The minimum absolute atomic E-state index is 0.0574. The van der Waals surface area contributed by atoms with E-state index in [0.717, 1.165) is 54.9 Å². The summed E-state index contributed by atoms with van der Waals surface area (Å²) in [6, 6.07) is 12.9. The molecule has 6 nitrogen and oxygen atoms in total. The van der Waals surface area contributed by atoms with E-state index in [2.05, 4.69) is 21.3 Å². The van der Waals surface area contributed by atoms with Crippen LogP contribution in [0.3, 0.4) is 0 Å². The zero-order chi connectivity index (χ0) is 24.3. The van der Waals surface area contributed by atoms with E-state index in [-0.39, 0.29) is 5.75 Å². The summed E-state index contributed by atoms with van der Waals surface area (Å²) in [4.78, 5) is 2.31. The molecular weight excluding hydrogens is 465 g/mol. The van der Waals surface area contributed by atoms with Crippen molar-refractivity contribution in [3.05, 3.63) is 82.7 Å². The minimum Gasteiger partial charge on any atom is -0.297 e. The maximum Gasteiger partial charge on any atom is 0.416 e. The standard InChI is InChI=1S/C24H27F3N4O2S/c1-34(32,33)17-19-3-2-4-21(13-19)20-9-11-30(12-10-20)15-23-16-31(29-28-23)14-18-5-7-22(8-6-18)24(25,26)27/h2-8,13,16,20H,9-12,14-15,17H2,1H3. The largest absolute Gasteiger partial charge is 0.416 e. The fraction of sp³-hybridized carbons (Fsp3) is 0.417. The summed E-state index contributed by atoms with van der Waals surface area (Å²) < 4.78 is 63.0. The van der Waals surface area contributed by atoms with Gasteiger partial charge in [-0.25, -0.2) is 13.1 Å². The number of nitrogens with zero attached hydrogens (tertiary/aromatic N) is 4. The molecule has 0 N–H and O–H groups in total. The molecule has 1 aromatic heterocycles. The van der Waals surface area contributed by atoms with E-state index in [9.17, 15) is 21.6 Å². The van der Waals surface area contributed by atoms with Gasteiger partial charge in [0.2, 0.25) is 0 Å². The van der Waals surface area contributed by atoms with Gasteiger partial charge in [-0.2, -0.15) is 13.2 Å². The Morgan fingerprint density at radius 1 is 1.00 bits per heavy atom. The van der Waals surface area contributed by atoms with Gasteiger partial charge < -0.3 is 0 Å². The average molecular weight is 493 g/mol. The molecule has 0 aliphatic carbocycles. The van der Waals surface area contributed by atoms with Crippen LogP contribution in [0.5, 0.6) is 0 Å². The normalized spacial score (nSPS) is 16.1. The summed E-state index contributed by atoms with van der Waals surface area (Å²) in [6.45, 7) is 2.81. The third-order valence-corrected chi connectivity index (χ3v) is 6.89. The van der Waals surface area contributed by atoms with E-state index in [4.69, 9.17) is 0 Å². The molecule has 2 aromatic carbocycles. The highest BCUT2D eigenvalue weighted by molar-refractivity contribution is 7.89. The number of sulfone groups is 1. The monoisotopic (exact) mass is 492 g/mol. The van der Waals surface area contributed by atoms with Crippen molar-refractivity contribution in [2.24, 2.45) is 0 Å². The molecule has 0 radical (unpaired) electrons. The molecule has 34 heavy (non-hydrogen) atoms. The van der Waals surface area contributed by atoms with E-state index in [0.29, 0.717) is 19.0 Å². The van der Waals surface area contributed by atoms with Crippen LogP contribution in [0.15, 0.2) is 54.7 Å². The first-order chi connectivity index (χ1) is 16.0. The first-order valence-electron chi connectivity index (χ1n) is 11.1. The smallest absolute Gasteiger partial charge is 0.297 e. The summed E-state index contributed by atoms with van der Waals surface area (Å²) >= 11 is 0. The van der Waals surface area contributed by atoms with Gasteiger partial charge in [-0.05, 0) is 60.7 Å². The molecule has 0 unspecified atom stereocenters. The predicted molar refractivity (Wildman–Crippen MR) is 123 cm³/mol. The molecule has 10 heteroatoms. The molecule has 3 aromatic rings. The first kappa shape index (κ1) is 24.4. The van der Waals surface area contributed by atoms with E-state index in [1.165, 1.54) is 24.0 Å². The topological polar surface area (TPSA) is 68.1 Å². The van der Waals surface area contributed by atoms with E-state index < -0.39 is 21.6 Å². The maximum absolute atomic E-state index is 12.7. The van der Waals surface area contributed by atoms with Crippen LogP contribution in [0.2, 0.25) is 0 Å². The first-order valence-corrected chi connectivity index (χ1v) is 13.2. The van der Waals surface area contributed by atoms with Gasteiger partial charge in [-0.3, -0.25) is 4.90 Å². The SMILES string of the molecule is CS(=O)(=O)Cc1cccc(C2CCN(Cc3cn(Cc4ccc(C(F)(F)F)cc4)nn3)CC2)c1. The van der Waals surface area contributed by atoms with Gasteiger partial charge in [-0.15, -0.1) is 5.10 Å². The summed E-state index contributed by atoms with van der Waals surface area (Å²) in [6.07, 6.45) is 0.686. The lowest BCUT2D eigenvalue weighted by Gasteiger charge is -2.31. The van der Waals surface area contributed by atoms with Crippen molar-refractivity contribution in [3.63, 3.8) is 0 Å². The van der Waals surface area contributed by atoms with Crippen molar-refractivity contribution in [1.82, 2.24) is 19.9 Å². The van der Waals surface area contributed by atoms with Crippen LogP contribution in [0.25, 0.3) is 0 Å². The van der Waals surface area contributed by atoms with Gasteiger partial charge >= 0.3 is 6.18 Å². The Hall–Kier alpha value is -2.72. The van der Waals surface area contributed by atoms with Crippen LogP contribution in [0.4, 0.5) is 13.2 Å². The highest BCUT2D eigenvalue weighted by Crippen LogP contribution is 2.30. The predicted octanol–water partition coefficient (Wildman–Crippen LogP) is 4.27. The van der Waals surface area contributed by atoms with Gasteiger partial charge in [0.25, 0.3) is 0 Å². The number of aromatic nitrogens is 3. The number of likely N-dealkylation sites (tertiary alicyclic amines) is 1. The second-order valence-electron chi connectivity index (χ2n) is 8.97. The molecule has 0 bridgehead atoms. The molecule has 1 aliphatic heterocycles. The van der Waals surface area contributed by atoms with Crippen molar-refractivity contribution in [2.45, 2.75) is 43.8 Å². The molecular formula is C24H27F3N4O2S. The quantitative estimate of drug-likeness (QED) is 0.493. The van der Waals surface area contributed by atoms with Gasteiger partial charge in [-0.1, -0.05) is 41.6 Å². The van der Waals surface area contributed by atoms with Crippen molar-refractivity contribution in [1.29, 1.82) is 0 Å². The third-order valence-electron chi connectivity index (χ3n) is 6.04. The minimum atomic E-state index is -4.34. The highest BCUT2D eigenvalue weighted by Gasteiger charge is 2.30. The Balaban J connectivity index is 1.29. The third kappa shape index (κ3) is 6.66. The summed E-state index contributed by atoms with van der Waals surface area (Å²) in [5.74, 6) is 0.452. The lowest BCUT2D eigenvalue weighted by atomic mass is 9.88. The van der Waals surface area contributed by atoms with Gasteiger partial charge in [0.15, 0.2) is 9.84 Å². The average Bonchev–Trinajstić information content (AvgIpc) is 3.20. The molecule has 4 rings (SSSR count). The number of benzene rings is 2. The summed E-state index contributed by atoms with van der Waals surface area (Å²) in [5, 5.41) is 8.34. The lowest BCUT2D eigenvalue weighted by Crippen LogP contribution is -2.32. The van der Waals surface area contributed by atoms with Gasteiger partial charge in [0, 0.05) is 12.8 Å².